The molecule has 2 heterocycles. The second kappa shape index (κ2) is 9.43. The summed E-state index contributed by atoms with van der Waals surface area (Å²) in [4.78, 5) is 18.9. The molecule has 0 saturated carbocycles. The van der Waals surface area contributed by atoms with Crippen LogP contribution in [0, 0.1) is 17.2 Å². The SMILES string of the molecule is COc1ccc(NC(=O)CC[C@@H]2CCCN(c3cc(C#N)ccn3)C2)cc1Cl. The molecule has 0 unspecified atom stereocenters. The normalized spacial score (nSPS) is 16.3. The van der Waals surface area contributed by atoms with Crippen LogP contribution in [0.15, 0.2) is 36.5 Å². The summed E-state index contributed by atoms with van der Waals surface area (Å²) < 4.78 is 5.12. The van der Waals surface area contributed by atoms with Crippen LogP contribution < -0.4 is 15.0 Å². The van der Waals surface area contributed by atoms with Crippen molar-refractivity contribution in [3.63, 3.8) is 0 Å². The molecule has 1 aromatic carbocycles. The van der Waals surface area contributed by atoms with Crippen molar-refractivity contribution in [2.45, 2.75) is 25.7 Å². The highest BCUT2D eigenvalue weighted by atomic mass is 35.5. The zero-order valence-corrected chi connectivity index (χ0v) is 16.6. The summed E-state index contributed by atoms with van der Waals surface area (Å²) in [6, 6.07) is 10.9. The number of anilines is 2. The molecule has 1 aliphatic rings. The molecule has 1 aliphatic heterocycles. The molecule has 1 saturated heterocycles. The minimum Gasteiger partial charge on any atom is -0.495 e. The summed E-state index contributed by atoms with van der Waals surface area (Å²) in [5.74, 6) is 1.81. The van der Waals surface area contributed by atoms with E-state index >= 15 is 0 Å². The lowest BCUT2D eigenvalue weighted by Crippen LogP contribution is -2.36. The van der Waals surface area contributed by atoms with Crippen molar-refractivity contribution in [2.75, 3.05) is 30.4 Å². The smallest absolute Gasteiger partial charge is 0.224 e. The number of aromatic nitrogens is 1. The second-order valence-corrected chi connectivity index (χ2v) is 7.31. The molecule has 1 amide bonds. The second-order valence-electron chi connectivity index (χ2n) is 6.90. The van der Waals surface area contributed by atoms with Gasteiger partial charge in [0.05, 0.1) is 23.8 Å². The van der Waals surface area contributed by atoms with Crippen LogP contribution in [0.4, 0.5) is 11.5 Å². The van der Waals surface area contributed by atoms with Crippen molar-refractivity contribution >= 4 is 29.0 Å². The summed E-state index contributed by atoms with van der Waals surface area (Å²) in [7, 11) is 1.55. The number of rotatable bonds is 6. The number of nitriles is 1. The topological polar surface area (TPSA) is 78.2 Å². The van der Waals surface area contributed by atoms with Crippen LogP contribution in [0.3, 0.4) is 0 Å². The third-order valence-electron chi connectivity index (χ3n) is 4.93. The lowest BCUT2D eigenvalue weighted by Gasteiger charge is -2.33. The van der Waals surface area contributed by atoms with E-state index in [1.807, 2.05) is 6.07 Å². The van der Waals surface area contributed by atoms with E-state index in [9.17, 15) is 4.79 Å². The fraction of sp³-hybridized carbons (Fsp3) is 0.381. The van der Waals surface area contributed by atoms with Gasteiger partial charge < -0.3 is 15.0 Å². The van der Waals surface area contributed by atoms with Gasteiger partial charge in [-0.2, -0.15) is 5.26 Å². The van der Waals surface area contributed by atoms with E-state index in [2.05, 4.69) is 21.3 Å². The van der Waals surface area contributed by atoms with Gasteiger partial charge in [0, 0.05) is 31.4 Å². The molecular formula is C21H23ClN4O2. The molecule has 3 rings (SSSR count). The van der Waals surface area contributed by atoms with E-state index in [4.69, 9.17) is 21.6 Å². The van der Waals surface area contributed by atoms with E-state index in [0.717, 1.165) is 38.2 Å². The number of piperidine rings is 1. The number of nitrogens with one attached hydrogen (secondary N) is 1. The zero-order valence-electron chi connectivity index (χ0n) is 15.8. The number of hydrogen-bond donors (Lipinski definition) is 1. The number of carbonyl (C=O) groups is 1. The van der Waals surface area contributed by atoms with Gasteiger partial charge in [0.1, 0.15) is 11.6 Å². The third-order valence-corrected chi connectivity index (χ3v) is 5.23. The van der Waals surface area contributed by atoms with E-state index in [-0.39, 0.29) is 5.91 Å². The Morgan fingerprint density at radius 1 is 1.43 bits per heavy atom. The molecule has 1 fully saturated rings. The number of benzene rings is 1. The standard InChI is InChI=1S/C21H23ClN4O2/c1-28-19-6-5-17(12-18(19)22)25-21(27)7-4-15-3-2-10-26(14-15)20-11-16(13-23)8-9-24-20/h5-6,8-9,11-12,15H,2-4,7,10,14H2,1H3,(H,25,27)/t15-/m0/s1. The maximum Gasteiger partial charge on any atom is 0.224 e. The van der Waals surface area contributed by atoms with Gasteiger partial charge in [-0.05, 0) is 55.5 Å². The quantitative estimate of drug-likeness (QED) is 0.786. The Hall–Kier alpha value is -2.78. The molecule has 2 aromatic rings. The minimum atomic E-state index is -0.0250. The Labute approximate surface area is 170 Å². The Kier molecular flexibility index (Phi) is 6.72. The molecule has 1 atom stereocenters. The van der Waals surface area contributed by atoms with E-state index < -0.39 is 0 Å². The number of ether oxygens (including phenoxy) is 1. The maximum absolute atomic E-state index is 12.3. The Balaban J connectivity index is 1.52. The fourth-order valence-corrected chi connectivity index (χ4v) is 3.73. The first kappa shape index (κ1) is 20.0. The summed E-state index contributed by atoms with van der Waals surface area (Å²) in [6.07, 6.45) is 5.08. The molecule has 6 nitrogen and oxygen atoms in total. The van der Waals surface area contributed by atoms with Gasteiger partial charge in [0.15, 0.2) is 0 Å². The van der Waals surface area contributed by atoms with Crippen molar-refractivity contribution < 1.29 is 9.53 Å². The largest absolute Gasteiger partial charge is 0.495 e. The number of nitrogens with zero attached hydrogens (tertiary/aromatic N) is 3. The molecule has 146 valence electrons. The Morgan fingerprint density at radius 3 is 3.04 bits per heavy atom. The van der Waals surface area contributed by atoms with Crippen molar-refractivity contribution in [2.24, 2.45) is 5.92 Å². The minimum absolute atomic E-state index is 0.0250. The van der Waals surface area contributed by atoms with Gasteiger partial charge in [0.25, 0.3) is 0 Å². The average molecular weight is 399 g/mol. The maximum atomic E-state index is 12.3. The highest BCUT2D eigenvalue weighted by molar-refractivity contribution is 6.32. The Bertz CT molecular complexity index is 881. The van der Waals surface area contributed by atoms with Gasteiger partial charge in [-0.1, -0.05) is 11.6 Å². The van der Waals surface area contributed by atoms with Gasteiger partial charge >= 0.3 is 0 Å². The molecule has 0 bridgehead atoms. The van der Waals surface area contributed by atoms with Crippen LogP contribution in [-0.4, -0.2) is 31.1 Å². The van der Waals surface area contributed by atoms with Gasteiger partial charge in [-0.25, -0.2) is 4.98 Å². The van der Waals surface area contributed by atoms with Gasteiger partial charge in [-0.15, -0.1) is 0 Å². The first-order chi connectivity index (χ1) is 13.6. The van der Waals surface area contributed by atoms with Crippen molar-refractivity contribution in [1.82, 2.24) is 4.98 Å². The zero-order chi connectivity index (χ0) is 19.9. The number of amides is 1. The first-order valence-electron chi connectivity index (χ1n) is 9.33. The van der Waals surface area contributed by atoms with Crippen molar-refractivity contribution in [3.8, 4) is 11.8 Å². The van der Waals surface area contributed by atoms with Crippen LogP contribution >= 0.6 is 11.6 Å². The molecular weight excluding hydrogens is 376 g/mol. The molecule has 1 N–H and O–H groups in total. The van der Waals surface area contributed by atoms with Crippen LogP contribution in [0.2, 0.25) is 5.02 Å². The van der Waals surface area contributed by atoms with Gasteiger partial charge in [0.2, 0.25) is 5.91 Å². The lowest BCUT2D eigenvalue weighted by molar-refractivity contribution is -0.116. The number of halogens is 1. The van der Waals surface area contributed by atoms with E-state index in [1.165, 1.54) is 0 Å². The van der Waals surface area contributed by atoms with E-state index in [0.29, 0.717) is 34.4 Å². The predicted molar refractivity (Wildman–Crippen MR) is 110 cm³/mol. The molecule has 28 heavy (non-hydrogen) atoms. The molecule has 0 aliphatic carbocycles. The van der Waals surface area contributed by atoms with Crippen molar-refractivity contribution in [1.29, 1.82) is 5.26 Å². The third kappa shape index (κ3) is 5.14. The lowest BCUT2D eigenvalue weighted by atomic mass is 9.93. The highest BCUT2D eigenvalue weighted by Gasteiger charge is 2.22. The molecule has 0 spiro atoms. The highest BCUT2D eigenvalue weighted by Crippen LogP contribution is 2.28. The molecule has 0 radical (unpaired) electrons. The van der Waals surface area contributed by atoms with Crippen LogP contribution in [0.25, 0.3) is 0 Å². The van der Waals surface area contributed by atoms with E-state index in [1.54, 1.807) is 37.6 Å². The average Bonchev–Trinajstić information content (AvgIpc) is 2.73. The number of hydrogen-bond acceptors (Lipinski definition) is 5. The van der Waals surface area contributed by atoms with Crippen LogP contribution in [0.5, 0.6) is 5.75 Å². The summed E-state index contributed by atoms with van der Waals surface area (Å²) in [5.41, 5.74) is 1.28. The Morgan fingerprint density at radius 2 is 2.29 bits per heavy atom. The number of methoxy groups -OCH3 is 1. The first-order valence-corrected chi connectivity index (χ1v) is 9.71. The molecule has 1 aromatic heterocycles. The summed E-state index contributed by atoms with van der Waals surface area (Å²) in [5, 5.41) is 12.4. The number of carbonyl (C=O) groups excluding carboxylic acids is 1. The van der Waals surface area contributed by atoms with Crippen molar-refractivity contribution in [3.05, 3.63) is 47.1 Å². The van der Waals surface area contributed by atoms with Gasteiger partial charge in [-0.3, -0.25) is 4.79 Å². The monoisotopic (exact) mass is 398 g/mol. The fourth-order valence-electron chi connectivity index (χ4n) is 3.47. The predicted octanol–water partition coefficient (Wildman–Crippen LogP) is 4.25. The summed E-state index contributed by atoms with van der Waals surface area (Å²) >= 11 is 6.10. The van der Waals surface area contributed by atoms with Crippen LogP contribution in [-0.2, 0) is 4.79 Å². The molecule has 7 heteroatoms. The number of pyridine rings is 1. The summed E-state index contributed by atoms with van der Waals surface area (Å²) in [6.45, 7) is 1.78. The van der Waals surface area contributed by atoms with Crippen LogP contribution in [0.1, 0.15) is 31.2 Å².